The van der Waals surface area contributed by atoms with Crippen LogP contribution < -0.4 is 5.73 Å². The Labute approximate surface area is 72.1 Å². The van der Waals surface area contributed by atoms with E-state index in [0.29, 0.717) is 5.76 Å². The smallest absolute Gasteiger partial charge is 0.171 e. The largest absolute Gasteiger partial charge is 0.461 e. The summed E-state index contributed by atoms with van der Waals surface area (Å²) in [5, 5.41) is 7.21. The molecule has 1 aromatic heterocycles. The minimum atomic E-state index is 0.0195. The van der Waals surface area contributed by atoms with Crippen LogP contribution in [0.15, 0.2) is 16.7 Å². The quantitative estimate of drug-likeness (QED) is 0.530. The highest BCUT2D eigenvalue weighted by atomic mass is 16.3. The molecule has 0 saturated carbocycles. The number of rotatable bonds is 4. The van der Waals surface area contributed by atoms with Gasteiger partial charge >= 0.3 is 0 Å². The predicted octanol–water partition coefficient (Wildman–Crippen LogP) is 1.91. The summed E-state index contributed by atoms with van der Waals surface area (Å²) in [4.78, 5) is 0. The maximum Gasteiger partial charge on any atom is 0.171 e. The van der Waals surface area contributed by atoms with Crippen molar-refractivity contribution in [3.05, 3.63) is 23.7 Å². The van der Waals surface area contributed by atoms with Gasteiger partial charge in [0.25, 0.3) is 0 Å². The number of aryl methyl sites for hydroxylation is 1. The highest BCUT2D eigenvalue weighted by Gasteiger charge is 2.07. The van der Waals surface area contributed by atoms with E-state index in [4.69, 9.17) is 15.6 Å². The van der Waals surface area contributed by atoms with E-state index in [2.05, 4.69) is 6.92 Å². The van der Waals surface area contributed by atoms with Crippen molar-refractivity contribution in [3.63, 3.8) is 0 Å². The van der Waals surface area contributed by atoms with Crippen molar-refractivity contribution in [3.8, 4) is 0 Å². The molecular weight excluding hydrogens is 152 g/mol. The first kappa shape index (κ1) is 8.84. The number of hydrogen-bond acceptors (Lipinski definition) is 2. The second-order valence-electron chi connectivity index (χ2n) is 2.79. The molecule has 1 rings (SSSR count). The number of nitrogens with one attached hydrogen (secondary N) is 1. The molecule has 0 aromatic carbocycles. The Morgan fingerprint density at radius 2 is 2.42 bits per heavy atom. The molecule has 0 fully saturated rings. The van der Waals surface area contributed by atoms with Gasteiger partial charge < -0.3 is 10.2 Å². The molecule has 0 unspecified atom stereocenters. The third-order valence-corrected chi connectivity index (χ3v) is 1.79. The Bertz CT molecular complexity index is 265. The van der Waals surface area contributed by atoms with E-state index < -0.39 is 0 Å². The average Bonchev–Trinajstić information content (AvgIpc) is 2.48. The van der Waals surface area contributed by atoms with Crippen molar-refractivity contribution in [2.75, 3.05) is 0 Å². The first-order chi connectivity index (χ1) is 5.75. The second kappa shape index (κ2) is 3.95. The molecule has 0 radical (unpaired) electrons. The van der Waals surface area contributed by atoms with Crippen LogP contribution in [0.5, 0.6) is 0 Å². The van der Waals surface area contributed by atoms with Gasteiger partial charge in [0.2, 0.25) is 0 Å². The van der Waals surface area contributed by atoms with Crippen molar-refractivity contribution >= 4 is 5.84 Å². The summed E-state index contributed by atoms with van der Waals surface area (Å²) in [7, 11) is 0. The standard InChI is InChI=1S/C9H14N2O/c1-2-3-4-7-5-6-12-8(7)9(10)11/h5-6H,2-4H2,1H3,(H3,10,11). The van der Waals surface area contributed by atoms with Crippen molar-refractivity contribution in [1.82, 2.24) is 0 Å². The van der Waals surface area contributed by atoms with Crippen molar-refractivity contribution in [2.45, 2.75) is 26.2 Å². The van der Waals surface area contributed by atoms with Gasteiger partial charge in [-0.2, -0.15) is 0 Å². The fourth-order valence-electron chi connectivity index (χ4n) is 1.14. The molecule has 3 N–H and O–H groups in total. The van der Waals surface area contributed by atoms with E-state index in [9.17, 15) is 0 Å². The van der Waals surface area contributed by atoms with E-state index in [0.717, 1.165) is 24.8 Å². The van der Waals surface area contributed by atoms with E-state index in [1.165, 1.54) is 0 Å². The van der Waals surface area contributed by atoms with Crippen LogP contribution in [0.2, 0.25) is 0 Å². The minimum absolute atomic E-state index is 0.0195. The maximum atomic E-state index is 7.21. The molecule has 0 amide bonds. The number of furan rings is 1. The third kappa shape index (κ3) is 1.87. The van der Waals surface area contributed by atoms with Crippen LogP contribution in [0, 0.1) is 5.41 Å². The van der Waals surface area contributed by atoms with Gasteiger partial charge in [0.1, 0.15) is 0 Å². The summed E-state index contributed by atoms with van der Waals surface area (Å²) < 4.78 is 5.07. The van der Waals surface area contributed by atoms with Crippen LogP contribution in [-0.4, -0.2) is 5.84 Å². The van der Waals surface area contributed by atoms with Crippen LogP contribution in [0.25, 0.3) is 0 Å². The summed E-state index contributed by atoms with van der Waals surface area (Å²) in [6.45, 7) is 2.13. The van der Waals surface area contributed by atoms with Gasteiger partial charge in [0.15, 0.2) is 11.6 Å². The monoisotopic (exact) mass is 166 g/mol. The third-order valence-electron chi connectivity index (χ3n) is 1.79. The van der Waals surface area contributed by atoms with Crippen molar-refractivity contribution in [2.24, 2.45) is 5.73 Å². The molecule has 0 atom stereocenters. The molecule has 0 aliphatic heterocycles. The molecule has 3 heteroatoms. The Hall–Kier alpha value is -1.25. The molecule has 66 valence electrons. The highest BCUT2D eigenvalue weighted by Crippen LogP contribution is 2.12. The molecule has 0 aliphatic carbocycles. The number of amidine groups is 1. The normalized spacial score (nSPS) is 10.1. The molecule has 0 aliphatic rings. The number of unbranched alkanes of at least 4 members (excludes halogenated alkanes) is 1. The van der Waals surface area contributed by atoms with E-state index >= 15 is 0 Å². The molecule has 1 heterocycles. The topological polar surface area (TPSA) is 63.0 Å². The van der Waals surface area contributed by atoms with Gasteiger partial charge in [-0.3, -0.25) is 5.41 Å². The zero-order chi connectivity index (χ0) is 8.97. The predicted molar refractivity (Wildman–Crippen MR) is 48.3 cm³/mol. The Morgan fingerprint density at radius 3 is 3.00 bits per heavy atom. The van der Waals surface area contributed by atoms with E-state index in [-0.39, 0.29) is 5.84 Å². The molecule has 1 aromatic rings. The van der Waals surface area contributed by atoms with Gasteiger partial charge in [-0.1, -0.05) is 13.3 Å². The zero-order valence-corrected chi connectivity index (χ0v) is 7.26. The number of nitrogens with two attached hydrogens (primary N) is 1. The molecule has 0 spiro atoms. The summed E-state index contributed by atoms with van der Waals surface area (Å²) in [5.41, 5.74) is 6.37. The van der Waals surface area contributed by atoms with Crippen LogP contribution in [0.3, 0.4) is 0 Å². The number of nitrogen functional groups attached to an aromatic ring is 1. The first-order valence-electron chi connectivity index (χ1n) is 4.16. The van der Waals surface area contributed by atoms with Crippen molar-refractivity contribution < 1.29 is 4.42 Å². The molecule has 0 saturated heterocycles. The van der Waals surface area contributed by atoms with Crippen LogP contribution in [0.1, 0.15) is 31.1 Å². The summed E-state index contributed by atoms with van der Waals surface area (Å²) >= 11 is 0. The highest BCUT2D eigenvalue weighted by molar-refractivity contribution is 5.93. The average molecular weight is 166 g/mol. The van der Waals surface area contributed by atoms with Crippen molar-refractivity contribution in [1.29, 1.82) is 5.41 Å². The lowest BCUT2D eigenvalue weighted by Gasteiger charge is -1.98. The summed E-state index contributed by atoms with van der Waals surface area (Å²) in [5.74, 6) is 0.551. The second-order valence-corrected chi connectivity index (χ2v) is 2.79. The van der Waals surface area contributed by atoms with E-state index in [1.807, 2.05) is 6.07 Å². The molecule has 0 bridgehead atoms. The lowest BCUT2D eigenvalue weighted by atomic mass is 10.1. The molecule has 12 heavy (non-hydrogen) atoms. The Kier molecular flexibility index (Phi) is 2.91. The fraction of sp³-hybridized carbons (Fsp3) is 0.444. The van der Waals surface area contributed by atoms with E-state index in [1.54, 1.807) is 6.26 Å². The van der Waals surface area contributed by atoms with Gasteiger partial charge in [0, 0.05) is 5.56 Å². The van der Waals surface area contributed by atoms with Crippen LogP contribution in [0.4, 0.5) is 0 Å². The summed E-state index contributed by atoms with van der Waals surface area (Å²) in [6.07, 6.45) is 4.78. The Balaban J connectivity index is 2.70. The zero-order valence-electron chi connectivity index (χ0n) is 7.26. The Morgan fingerprint density at radius 1 is 1.67 bits per heavy atom. The lowest BCUT2D eigenvalue weighted by molar-refractivity contribution is 0.551. The van der Waals surface area contributed by atoms with Gasteiger partial charge in [0.05, 0.1) is 6.26 Å². The van der Waals surface area contributed by atoms with Gasteiger partial charge in [-0.25, -0.2) is 0 Å². The summed E-state index contributed by atoms with van der Waals surface area (Å²) in [6, 6.07) is 1.88. The molecular formula is C9H14N2O. The SMILES string of the molecule is CCCCc1ccoc1C(=N)N. The fourth-order valence-corrected chi connectivity index (χ4v) is 1.14. The van der Waals surface area contributed by atoms with Gasteiger partial charge in [-0.15, -0.1) is 0 Å². The minimum Gasteiger partial charge on any atom is -0.461 e. The lowest BCUT2D eigenvalue weighted by Crippen LogP contribution is -2.11. The van der Waals surface area contributed by atoms with Crippen LogP contribution >= 0.6 is 0 Å². The number of hydrogen-bond donors (Lipinski definition) is 2. The maximum absolute atomic E-state index is 7.21. The first-order valence-corrected chi connectivity index (χ1v) is 4.16. The van der Waals surface area contributed by atoms with Gasteiger partial charge in [-0.05, 0) is 18.9 Å². The van der Waals surface area contributed by atoms with Crippen LogP contribution in [-0.2, 0) is 6.42 Å². The molecule has 3 nitrogen and oxygen atoms in total.